The third-order valence-electron chi connectivity index (χ3n) is 2.55. The lowest BCUT2D eigenvalue weighted by Gasteiger charge is -2.03. The van der Waals surface area contributed by atoms with Gasteiger partial charge in [-0.25, -0.2) is 9.97 Å². The van der Waals surface area contributed by atoms with Gasteiger partial charge in [0.25, 0.3) is 0 Å². The largest absolute Gasteiger partial charge is 0.461 e. The summed E-state index contributed by atoms with van der Waals surface area (Å²) in [5.41, 5.74) is 1.95. The van der Waals surface area contributed by atoms with Crippen molar-refractivity contribution in [1.82, 2.24) is 9.97 Å². The van der Waals surface area contributed by atoms with Gasteiger partial charge in [-0.2, -0.15) is 0 Å². The summed E-state index contributed by atoms with van der Waals surface area (Å²) in [7, 11) is 0. The SMILES string of the molecule is Cc1ccc2nc(-c3ccco3)nc(Cl)c2c1. The first-order valence-corrected chi connectivity index (χ1v) is 5.59. The lowest BCUT2D eigenvalue weighted by atomic mass is 10.2. The van der Waals surface area contributed by atoms with Crippen LogP contribution in [0.1, 0.15) is 5.56 Å². The fourth-order valence-corrected chi connectivity index (χ4v) is 1.95. The first-order chi connectivity index (χ1) is 8.24. The van der Waals surface area contributed by atoms with E-state index < -0.39 is 0 Å². The van der Waals surface area contributed by atoms with Crippen LogP contribution in [0.5, 0.6) is 0 Å². The molecule has 0 atom stereocenters. The van der Waals surface area contributed by atoms with Crippen molar-refractivity contribution in [3.63, 3.8) is 0 Å². The highest BCUT2D eigenvalue weighted by molar-refractivity contribution is 6.34. The van der Waals surface area contributed by atoms with Crippen molar-refractivity contribution >= 4 is 22.5 Å². The molecule has 2 aromatic heterocycles. The fourth-order valence-electron chi connectivity index (χ4n) is 1.72. The van der Waals surface area contributed by atoms with E-state index in [0.717, 1.165) is 16.5 Å². The Morgan fingerprint density at radius 2 is 2.06 bits per heavy atom. The molecule has 0 bridgehead atoms. The summed E-state index contributed by atoms with van der Waals surface area (Å²) in [5.74, 6) is 1.13. The quantitative estimate of drug-likeness (QED) is 0.611. The molecule has 0 unspecified atom stereocenters. The molecule has 1 aromatic carbocycles. The van der Waals surface area contributed by atoms with Gasteiger partial charge in [-0.05, 0) is 31.2 Å². The highest BCUT2D eigenvalue weighted by Gasteiger charge is 2.09. The van der Waals surface area contributed by atoms with Crippen molar-refractivity contribution in [3.8, 4) is 11.6 Å². The molecular weight excluding hydrogens is 236 g/mol. The predicted molar refractivity (Wildman–Crippen MR) is 67.0 cm³/mol. The molecular formula is C13H9ClN2O. The first kappa shape index (κ1) is 10.3. The fraction of sp³-hybridized carbons (Fsp3) is 0.0769. The Kier molecular flexibility index (Phi) is 2.34. The second-order valence-electron chi connectivity index (χ2n) is 3.84. The molecule has 4 heteroatoms. The lowest BCUT2D eigenvalue weighted by molar-refractivity contribution is 0.577. The van der Waals surface area contributed by atoms with Crippen LogP contribution in [0.3, 0.4) is 0 Å². The summed E-state index contributed by atoms with van der Waals surface area (Å²) in [6, 6.07) is 9.52. The van der Waals surface area contributed by atoms with Crippen LogP contribution in [0.2, 0.25) is 5.15 Å². The topological polar surface area (TPSA) is 38.9 Å². The van der Waals surface area contributed by atoms with Gasteiger partial charge in [0.1, 0.15) is 5.15 Å². The Morgan fingerprint density at radius 1 is 1.18 bits per heavy atom. The zero-order chi connectivity index (χ0) is 11.8. The lowest BCUT2D eigenvalue weighted by Crippen LogP contribution is -1.91. The Bertz CT molecular complexity index is 677. The monoisotopic (exact) mass is 244 g/mol. The third kappa shape index (κ3) is 1.78. The van der Waals surface area contributed by atoms with Crippen molar-refractivity contribution in [2.75, 3.05) is 0 Å². The number of benzene rings is 1. The second-order valence-corrected chi connectivity index (χ2v) is 4.19. The van der Waals surface area contributed by atoms with E-state index in [1.54, 1.807) is 12.3 Å². The number of hydrogen-bond acceptors (Lipinski definition) is 3. The zero-order valence-corrected chi connectivity index (χ0v) is 9.90. The van der Waals surface area contributed by atoms with E-state index in [1.165, 1.54) is 0 Å². The molecule has 0 fully saturated rings. The standard InChI is InChI=1S/C13H9ClN2O/c1-8-4-5-10-9(7-8)12(14)16-13(15-10)11-3-2-6-17-11/h2-7H,1H3. The molecule has 84 valence electrons. The average molecular weight is 245 g/mol. The van der Waals surface area contributed by atoms with E-state index in [0.29, 0.717) is 16.7 Å². The molecule has 0 aliphatic heterocycles. The summed E-state index contributed by atoms with van der Waals surface area (Å²) in [6.45, 7) is 2.01. The number of rotatable bonds is 1. The molecule has 0 N–H and O–H groups in total. The zero-order valence-electron chi connectivity index (χ0n) is 9.14. The second kappa shape index (κ2) is 3.86. The summed E-state index contributed by atoms with van der Waals surface area (Å²) < 4.78 is 5.26. The molecule has 0 spiro atoms. The molecule has 2 heterocycles. The maximum atomic E-state index is 6.16. The van der Waals surface area contributed by atoms with Gasteiger partial charge in [0.05, 0.1) is 11.8 Å². The molecule has 3 rings (SSSR count). The summed E-state index contributed by atoms with van der Waals surface area (Å²) in [4.78, 5) is 8.68. The van der Waals surface area contributed by atoms with E-state index in [4.69, 9.17) is 16.0 Å². The van der Waals surface area contributed by atoms with Crippen molar-refractivity contribution in [3.05, 3.63) is 47.3 Å². The maximum Gasteiger partial charge on any atom is 0.197 e. The van der Waals surface area contributed by atoms with Gasteiger partial charge in [-0.1, -0.05) is 23.2 Å². The summed E-state index contributed by atoms with van der Waals surface area (Å²) in [5, 5.41) is 1.31. The van der Waals surface area contributed by atoms with Gasteiger partial charge >= 0.3 is 0 Å². The Hall–Kier alpha value is -1.87. The van der Waals surface area contributed by atoms with Crippen LogP contribution >= 0.6 is 11.6 Å². The number of nitrogens with zero attached hydrogens (tertiary/aromatic N) is 2. The van der Waals surface area contributed by atoms with Crippen LogP contribution in [-0.4, -0.2) is 9.97 Å². The van der Waals surface area contributed by atoms with Gasteiger partial charge in [0.15, 0.2) is 11.6 Å². The van der Waals surface area contributed by atoms with Gasteiger partial charge in [-0.15, -0.1) is 0 Å². The molecule has 3 nitrogen and oxygen atoms in total. The van der Waals surface area contributed by atoms with Crippen LogP contribution in [0, 0.1) is 6.92 Å². The average Bonchev–Trinajstić information content (AvgIpc) is 2.83. The minimum absolute atomic E-state index is 0.449. The van der Waals surface area contributed by atoms with E-state index in [-0.39, 0.29) is 0 Å². The number of furan rings is 1. The maximum absolute atomic E-state index is 6.16. The van der Waals surface area contributed by atoms with Gasteiger partial charge < -0.3 is 4.42 Å². The Balaban J connectivity index is 2.28. The number of fused-ring (bicyclic) bond motifs is 1. The molecule has 0 aliphatic rings. The van der Waals surface area contributed by atoms with Crippen molar-refractivity contribution in [2.45, 2.75) is 6.92 Å². The van der Waals surface area contributed by atoms with Crippen LogP contribution < -0.4 is 0 Å². The van der Waals surface area contributed by atoms with Crippen LogP contribution in [0.4, 0.5) is 0 Å². The number of hydrogen-bond donors (Lipinski definition) is 0. The summed E-state index contributed by atoms with van der Waals surface area (Å²) in [6.07, 6.45) is 1.59. The number of halogens is 1. The molecule has 0 saturated carbocycles. The Labute approximate surface area is 103 Å². The van der Waals surface area contributed by atoms with Crippen molar-refractivity contribution < 1.29 is 4.42 Å². The molecule has 17 heavy (non-hydrogen) atoms. The number of aryl methyl sites for hydroxylation is 1. The molecule has 0 saturated heterocycles. The van der Waals surface area contributed by atoms with Gasteiger partial charge in [-0.3, -0.25) is 0 Å². The van der Waals surface area contributed by atoms with Crippen molar-refractivity contribution in [2.24, 2.45) is 0 Å². The number of aromatic nitrogens is 2. The minimum atomic E-state index is 0.449. The molecule has 3 aromatic rings. The summed E-state index contributed by atoms with van der Waals surface area (Å²) >= 11 is 6.16. The highest BCUT2D eigenvalue weighted by Crippen LogP contribution is 2.25. The van der Waals surface area contributed by atoms with E-state index >= 15 is 0 Å². The van der Waals surface area contributed by atoms with Crippen LogP contribution in [0.15, 0.2) is 41.0 Å². The minimum Gasteiger partial charge on any atom is -0.461 e. The van der Waals surface area contributed by atoms with E-state index in [2.05, 4.69) is 9.97 Å². The highest BCUT2D eigenvalue weighted by atomic mass is 35.5. The van der Waals surface area contributed by atoms with E-state index in [1.807, 2.05) is 31.2 Å². The van der Waals surface area contributed by atoms with Crippen molar-refractivity contribution in [1.29, 1.82) is 0 Å². The van der Waals surface area contributed by atoms with E-state index in [9.17, 15) is 0 Å². The normalized spacial score (nSPS) is 10.9. The van der Waals surface area contributed by atoms with Crippen LogP contribution in [0.25, 0.3) is 22.5 Å². The molecule has 0 aliphatic carbocycles. The third-order valence-corrected chi connectivity index (χ3v) is 2.83. The van der Waals surface area contributed by atoms with Gasteiger partial charge in [0.2, 0.25) is 0 Å². The predicted octanol–water partition coefficient (Wildman–Crippen LogP) is 3.85. The molecule has 0 radical (unpaired) electrons. The van der Waals surface area contributed by atoms with Gasteiger partial charge in [0, 0.05) is 5.39 Å². The van der Waals surface area contributed by atoms with Crippen LogP contribution in [-0.2, 0) is 0 Å². The Morgan fingerprint density at radius 3 is 2.82 bits per heavy atom. The molecule has 0 amide bonds. The smallest absolute Gasteiger partial charge is 0.197 e. The first-order valence-electron chi connectivity index (χ1n) is 5.22.